The van der Waals surface area contributed by atoms with E-state index in [0.29, 0.717) is 6.42 Å². The van der Waals surface area contributed by atoms with Gasteiger partial charge in [-0.1, -0.05) is 162 Å². The van der Waals surface area contributed by atoms with Gasteiger partial charge in [-0.05, 0) is 58.0 Å². The van der Waals surface area contributed by atoms with Gasteiger partial charge in [0, 0.05) is 13.0 Å². The average molecular weight is 610 g/mol. The first-order valence-corrected chi connectivity index (χ1v) is 19.7. The highest BCUT2D eigenvalue weighted by molar-refractivity contribution is 5.69. The van der Waals surface area contributed by atoms with E-state index in [4.69, 9.17) is 4.74 Å². The van der Waals surface area contributed by atoms with E-state index < -0.39 is 0 Å². The molecule has 258 valence electrons. The van der Waals surface area contributed by atoms with E-state index >= 15 is 0 Å². The highest BCUT2D eigenvalue weighted by Crippen LogP contribution is 2.18. The second-order valence-corrected chi connectivity index (χ2v) is 13.5. The van der Waals surface area contributed by atoms with Crippen LogP contribution in [-0.4, -0.2) is 48.3 Å². The predicted molar refractivity (Wildman–Crippen MR) is 189 cm³/mol. The molecule has 0 spiro atoms. The van der Waals surface area contributed by atoms with Crippen molar-refractivity contribution >= 4 is 5.97 Å². The normalized spacial score (nSPS) is 11.7. The maximum Gasteiger partial charge on any atom is 0.306 e. The molecule has 0 rings (SSSR count). The molecule has 0 aromatic heterocycles. The van der Waals surface area contributed by atoms with Gasteiger partial charge in [-0.3, -0.25) is 4.79 Å². The first kappa shape index (κ1) is 42.4. The fraction of sp³-hybridized carbons (Fsp3) is 0.974. The Bertz CT molecular complexity index is 525. The number of aliphatic hydroxyl groups is 1. The summed E-state index contributed by atoms with van der Waals surface area (Å²) < 4.78 is 6.01. The van der Waals surface area contributed by atoms with Gasteiger partial charge in [0.2, 0.25) is 0 Å². The highest BCUT2D eigenvalue weighted by Gasteiger charge is 2.14. The number of carbonyl (C=O) groups is 1. The maximum atomic E-state index is 12.6. The zero-order chi connectivity index (χ0) is 31.5. The van der Waals surface area contributed by atoms with E-state index in [1.54, 1.807) is 0 Å². The fourth-order valence-corrected chi connectivity index (χ4v) is 6.25. The van der Waals surface area contributed by atoms with Crippen molar-refractivity contribution in [1.82, 2.24) is 4.90 Å². The topological polar surface area (TPSA) is 49.8 Å². The largest absolute Gasteiger partial charge is 0.462 e. The minimum Gasteiger partial charge on any atom is -0.462 e. The Morgan fingerprint density at radius 3 is 1.23 bits per heavy atom. The van der Waals surface area contributed by atoms with Crippen LogP contribution in [0.15, 0.2) is 0 Å². The Balaban J connectivity index is 3.99. The second-order valence-electron chi connectivity index (χ2n) is 13.5. The van der Waals surface area contributed by atoms with Gasteiger partial charge in [0.25, 0.3) is 0 Å². The number of hydrogen-bond acceptors (Lipinski definition) is 4. The number of esters is 1. The van der Waals surface area contributed by atoms with Gasteiger partial charge in [0.15, 0.2) is 0 Å². The van der Waals surface area contributed by atoms with Crippen molar-refractivity contribution in [3.8, 4) is 0 Å². The lowest BCUT2D eigenvalue weighted by Gasteiger charge is -2.21. The summed E-state index contributed by atoms with van der Waals surface area (Å²) >= 11 is 0. The average Bonchev–Trinajstić information content (AvgIpc) is 3.00. The van der Waals surface area contributed by atoms with Crippen LogP contribution in [0.25, 0.3) is 0 Å². The molecule has 0 unspecified atom stereocenters. The molecule has 4 heteroatoms. The van der Waals surface area contributed by atoms with Crippen LogP contribution in [0.4, 0.5) is 0 Å². The Labute approximate surface area is 270 Å². The van der Waals surface area contributed by atoms with Crippen molar-refractivity contribution in [1.29, 1.82) is 0 Å². The molecule has 0 aliphatic carbocycles. The summed E-state index contributed by atoms with van der Waals surface area (Å²) in [6.45, 7) is 10.1. The van der Waals surface area contributed by atoms with E-state index in [2.05, 4.69) is 25.7 Å². The van der Waals surface area contributed by atoms with Crippen LogP contribution in [0.3, 0.4) is 0 Å². The monoisotopic (exact) mass is 610 g/mol. The summed E-state index contributed by atoms with van der Waals surface area (Å²) in [5.74, 6) is 0.0348. The summed E-state index contributed by atoms with van der Waals surface area (Å²) in [7, 11) is 0. The van der Waals surface area contributed by atoms with Gasteiger partial charge in [-0.25, -0.2) is 0 Å². The van der Waals surface area contributed by atoms with E-state index in [1.165, 1.54) is 161 Å². The molecule has 1 N–H and O–H groups in total. The number of carbonyl (C=O) groups excluding carboxylic acids is 1. The molecule has 43 heavy (non-hydrogen) atoms. The van der Waals surface area contributed by atoms with Crippen LogP contribution in [0.1, 0.15) is 213 Å². The Hall–Kier alpha value is -0.610. The van der Waals surface area contributed by atoms with Gasteiger partial charge in [-0.15, -0.1) is 0 Å². The van der Waals surface area contributed by atoms with Gasteiger partial charge in [0.1, 0.15) is 6.10 Å². The molecular weight excluding hydrogens is 530 g/mol. The van der Waals surface area contributed by atoms with Crippen molar-refractivity contribution in [3.63, 3.8) is 0 Å². The maximum absolute atomic E-state index is 12.6. The smallest absolute Gasteiger partial charge is 0.306 e. The summed E-state index contributed by atoms with van der Waals surface area (Å²) in [4.78, 5) is 15.1. The molecule has 4 nitrogen and oxygen atoms in total. The molecule has 0 atom stereocenters. The first-order chi connectivity index (χ1) is 21.2. The fourth-order valence-electron chi connectivity index (χ4n) is 6.25. The Morgan fingerprint density at radius 1 is 0.488 bits per heavy atom. The lowest BCUT2D eigenvalue weighted by molar-refractivity contribution is -0.150. The number of rotatable bonds is 36. The Morgan fingerprint density at radius 2 is 0.837 bits per heavy atom. The molecule has 0 aliphatic heterocycles. The quantitative estimate of drug-likeness (QED) is 0.0567. The van der Waals surface area contributed by atoms with Crippen molar-refractivity contribution in [3.05, 3.63) is 0 Å². The molecule has 0 amide bonds. The third-order valence-electron chi connectivity index (χ3n) is 9.16. The van der Waals surface area contributed by atoms with Gasteiger partial charge in [0.05, 0.1) is 6.61 Å². The number of hydrogen-bond donors (Lipinski definition) is 1. The molecule has 0 radical (unpaired) electrons. The third-order valence-corrected chi connectivity index (χ3v) is 9.16. The molecule has 0 fully saturated rings. The van der Waals surface area contributed by atoms with Crippen molar-refractivity contribution in [2.75, 3.05) is 26.2 Å². The van der Waals surface area contributed by atoms with E-state index in [-0.39, 0.29) is 18.7 Å². The lowest BCUT2D eigenvalue weighted by atomic mass is 10.0. The summed E-state index contributed by atoms with van der Waals surface area (Å²) in [5.41, 5.74) is 0. The lowest BCUT2D eigenvalue weighted by Crippen LogP contribution is -2.29. The van der Waals surface area contributed by atoms with Crippen LogP contribution in [0.5, 0.6) is 0 Å². The predicted octanol–water partition coefficient (Wildman–Crippen LogP) is 12.0. The Kier molecular flexibility index (Phi) is 35.4. The molecular formula is C39H79NO3. The standard InChI is InChI=1S/C39H79NO3/c1-4-7-10-13-16-17-18-19-24-29-34-40(36-37-41)35-30-25-20-23-28-33-39(42)43-38(31-26-21-14-11-8-5-2)32-27-22-15-12-9-6-3/h38,41H,4-37H2,1-3H3. The third kappa shape index (κ3) is 32.6. The molecule has 0 aromatic carbocycles. The number of unbranched alkanes of at least 4 members (excludes halogenated alkanes) is 23. The van der Waals surface area contributed by atoms with Gasteiger partial charge >= 0.3 is 5.97 Å². The summed E-state index contributed by atoms with van der Waals surface area (Å²) in [5, 5.41) is 9.48. The minimum absolute atomic E-state index is 0.0348. The van der Waals surface area contributed by atoms with E-state index in [9.17, 15) is 9.90 Å². The van der Waals surface area contributed by atoms with Crippen molar-refractivity contribution in [2.24, 2.45) is 0 Å². The molecule has 0 saturated heterocycles. The molecule has 0 bridgehead atoms. The van der Waals surface area contributed by atoms with E-state index in [1.807, 2.05) is 0 Å². The molecule has 0 aromatic rings. The highest BCUT2D eigenvalue weighted by atomic mass is 16.5. The SMILES string of the molecule is CCCCCCCCCCCCN(CCO)CCCCCCCC(=O)OC(CCCCCCCC)CCCCCCCC. The van der Waals surface area contributed by atoms with E-state index in [0.717, 1.165) is 45.3 Å². The van der Waals surface area contributed by atoms with Crippen LogP contribution in [0, 0.1) is 0 Å². The van der Waals surface area contributed by atoms with Crippen molar-refractivity contribution in [2.45, 2.75) is 219 Å². The first-order valence-electron chi connectivity index (χ1n) is 19.7. The summed E-state index contributed by atoms with van der Waals surface area (Å²) in [6, 6.07) is 0. The molecule has 0 aliphatic rings. The molecule has 0 saturated carbocycles. The number of ether oxygens (including phenoxy) is 1. The molecule has 0 heterocycles. The van der Waals surface area contributed by atoms with Crippen LogP contribution in [-0.2, 0) is 9.53 Å². The summed E-state index contributed by atoms with van der Waals surface area (Å²) in [6.07, 6.45) is 37.8. The zero-order valence-electron chi connectivity index (χ0n) is 29.8. The zero-order valence-corrected chi connectivity index (χ0v) is 29.8. The number of nitrogens with zero attached hydrogens (tertiary/aromatic N) is 1. The second kappa shape index (κ2) is 35.9. The van der Waals surface area contributed by atoms with Crippen molar-refractivity contribution < 1.29 is 14.6 Å². The van der Waals surface area contributed by atoms with Crippen LogP contribution < -0.4 is 0 Å². The number of aliphatic hydroxyl groups excluding tert-OH is 1. The minimum atomic E-state index is 0.0348. The van der Waals surface area contributed by atoms with Gasteiger partial charge < -0.3 is 14.7 Å². The van der Waals surface area contributed by atoms with Gasteiger partial charge in [-0.2, -0.15) is 0 Å². The van der Waals surface area contributed by atoms with Crippen LogP contribution >= 0.6 is 0 Å². The van der Waals surface area contributed by atoms with Crippen LogP contribution in [0.2, 0.25) is 0 Å².